The molecule has 0 aliphatic heterocycles. The smallest absolute Gasteiger partial charge is 0.166 e. The molecule has 0 heterocycles. The summed E-state index contributed by atoms with van der Waals surface area (Å²) < 4.78 is 5.90. The molecule has 1 unspecified atom stereocenters. The molecule has 1 aliphatic carbocycles. The van der Waals surface area contributed by atoms with Gasteiger partial charge < -0.3 is 4.74 Å². The highest BCUT2D eigenvalue weighted by Crippen LogP contribution is 2.30. The number of hydrogen-bond donors (Lipinski definition) is 0. The van der Waals surface area contributed by atoms with Gasteiger partial charge in [-0.3, -0.25) is 4.79 Å². The lowest BCUT2D eigenvalue weighted by atomic mass is 10.1. The summed E-state index contributed by atoms with van der Waals surface area (Å²) in [6.07, 6.45) is 0.846. The number of carbonyl (C=O) groups excluding carboxylic acids is 1. The van der Waals surface area contributed by atoms with E-state index >= 15 is 0 Å². The minimum atomic E-state index is 0.0979. The summed E-state index contributed by atoms with van der Waals surface area (Å²) in [5, 5.41) is 2.44. The van der Waals surface area contributed by atoms with Gasteiger partial charge in [-0.1, -0.05) is 49.4 Å². The Labute approximate surface area is 135 Å². The molecule has 114 valence electrons. The van der Waals surface area contributed by atoms with Crippen LogP contribution >= 0.6 is 0 Å². The molecule has 0 amide bonds. The van der Waals surface area contributed by atoms with E-state index in [1.54, 1.807) is 0 Å². The van der Waals surface area contributed by atoms with Gasteiger partial charge in [0.2, 0.25) is 0 Å². The zero-order valence-electron chi connectivity index (χ0n) is 13.1. The summed E-state index contributed by atoms with van der Waals surface area (Å²) in [5.74, 6) is 1.09. The molecule has 4 rings (SSSR count). The lowest BCUT2D eigenvalue weighted by Crippen LogP contribution is -2.03. The fourth-order valence-electron chi connectivity index (χ4n) is 3.24. The van der Waals surface area contributed by atoms with Crippen LogP contribution in [0.2, 0.25) is 0 Å². The van der Waals surface area contributed by atoms with E-state index in [1.165, 1.54) is 10.8 Å². The van der Waals surface area contributed by atoms with Gasteiger partial charge in [-0.15, -0.1) is 0 Å². The van der Waals surface area contributed by atoms with Gasteiger partial charge in [0.25, 0.3) is 0 Å². The average Bonchev–Trinajstić information content (AvgIpc) is 2.87. The molecule has 1 atom stereocenters. The summed E-state index contributed by atoms with van der Waals surface area (Å²) in [4.78, 5) is 12.1. The molecule has 0 aromatic heterocycles. The van der Waals surface area contributed by atoms with E-state index in [1.807, 2.05) is 37.3 Å². The van der Waals surface area contributed by atoms with E-state index in [9.17, 15) is 4.79 Å². The summed E-state index contributed by atoms with van der Waals surface area (Å²) >= 11 is 0. The minimum Gasteiger partial charge on any atom is -0.489 e. The standard InChI is InChI=1S/C21H18O2/c1-14-10-18-8-9-19(12-20(18)21(14)22)23-13-15-6-7-16-4-2-3-5-17(16)11-15/h2-9,11-12,14H,10,13H2,1H3. The van der Waals surface area contributed by atoms with Gasteiger partial charge in [-0.25, -0.2) is 0 Å². The van der Waals surface area contributed by atoms with Crippen LogP contribution in [-0.2, 0) is 13.0 Å². The number of hydrogen-bond acceptors (Lipinski definition) is 2. The Hall–Kier alpha value is -2.61. The molecule has 1 aliphatic rings. The predicted octanol–water partition coefficient (Wildman–Crippen LogP) is 4.79. The van der Waals surface area contributed by atoms with Gasteiger partial charge in [0.05, 0.1) is 0 Å². The third kappa shape index (κ3) is 2.61. The molecular weight excluding hydrogens is 284 g/mol. The van der Waals surface area contributed by atoms with Crippen molar-refractivity contribution in [2.45, 2.75) is 20.0 Å². The number of fused-ring (bicyclic) bond motifs is 2. The van der Waals surface area contributed by atoms with Crippen LogP contribution in [0, 0.1) is 5.92 Å². The fourth-order valence-corrected chi connectivity index (χ4v) is 3.24. The Kier molecular flexibility index (Phi) is 3.38. The molecule has 23 heavy (non-hydrogen) atoms. The lowest BCUT2D eigenvalue weighted by Gasteiger charge is -2.09. The Balaban J connectivity index is 1.53. The third-order valence-electron chi connectivity index (χ3n) is 4.54. The van der Waals surface area contributed by atoms with Crippen molar-refractivity contribution < 1.29 is 9.53 Å². The van der Waals surface area contributed by atoms with Crippen LogP contribution in [0.5, 0.6) is 5.75 Å². The van der Waals surface area contributed by atoms with Crippen LogP contribution in [0.1, 0.15) is 28.4 Å². The Bertz CT molecular complexity index is 895. The zero-order chi connectivity index (χ0) is 15.8. The van der Waals surface area contributed by atoms with Crippen molar-refractivity contribution in [3.8, 4) is 5.75 Å². The van der Waals surface area contributed by atoms with Crippen LogP contribution in [0.15, 0.2) is 60.7 Å². The van der Waals surface area contributed by atoms with Gasteiger partial charge in [0.1, 0.15) is 12.4 Å². The minimum absolute atomic E-state index is 0.0979. The lowest BCUT2D eigenvalue weighted by molar-refractivity contribution is 0.0946. The van der Waals surface area contributed by atoms with Crippen LogP contribution in [0.3, 0.4) is 0 Å². The molecular formula is C21H18O2. The Morgan fingerprint density at radius 2 is 1.83 bits per heavy atom. The molecule has 0 spiro atoms. The van der Waals surface area contributed by atoms with Crippen LogP contribution < -0.4 is 4.74 Å². The Morgan fingerprint density at radius 3 is 2.70 bits per heavy atom. The van der Waals surface area contributed by atoms with Crippen LogP contribution in [0.25, 0.3) is 10.8 Å². The van der Waals surface area contributed by atoms with Crippen molar-refractivity contribution >= 4 is 16.6 Å². The first-order chi connectivity index (χ1) is 11.2. The molecule has 2 heteroatoms. The highest BCUT2D eigenvalue weighted by atomic mass is 16.5. The maximum Gasteiger partial charge on any atom is 0.166 e. The number of carbonyl (C=O) groups is 1. The van der Waals surface area contributed by atoms with Gasteiger partial charge in [0.15, 0.2) is 5.78 Å². The largest absolute Gasteiger partial charge is 0.489 e. The van der Waals surface area contributed by atoms with Crippen molar-refractivity contribution in [1.29, 1.82) is 0 Å². The van der Waals surface area contributed by atoms with Gasteiger partial charge in [-0.2, -0.15) is 0 Å². The van der Waals surface area contributed by atoms with Gasteiger partial charge >= 0.3 is 0 Å². The molecule has 3 aromatic carbocycles. The first-order valence-corrected chi connectivity index (χ1v) is 7.98. The number of ether oxygens (including phenoxy) is 1. The van der Waals surface area contributed by atoms with Crippen LogP contribution in [-0.4, -0.2) is 5.78 Å². The second-order valence-electron chi connectivity index (χ2n) is 6.26. The van der Waals surface area contributed by atoms with Gasteiger partial charge in [0, 0.05) is 11.5 Å². The highest BCUT2D eigenvalue weighted by molar-refractivity contribution is 6.02. The van der Waals surface area contributed by atoms with Crippen molar-refractivity contribution in [2.75, 3.05) is 0 Å². The topological polar surface area (TPSA) is 26.3 Å². The summed E-state index contributed by atoms with van der Waals surface area (Å²) in [6, 6.07) is 20.5. The SMILES string of the molecule is CC1Cc2ccc(OCc3ccc4ccccc4c3)cc2C1=O. The van der Waals surface area contributed by atoms with E-state index in [0.717, 1.165) is 28.9 Å². The van der Waals surface area contributed by atoms with Crippen LogP contribution in [0.4, 0.5) is 0 Å². The summed E-state index contributed by atoms with van der Waals surface area (Å²) in [6.45, 7) is 2.49. The van der Waals surface area contributed by atoms with Gasteiger partial charge in [-0.05, 0) is 46.5 Å². The fraction of sp³-hybridized carbons (Fsp3) is 0.190. The molecule has 2 nitrogen and oxygen atoms in total. The van der Waals surface area contributed by atoms with Crippen molar-refractivity contribution in [1.82, 2.24) is 0 Å². The molecule has 0 saturated carbocycles. The average molecular weight is 302 g/mol. The quantitative estimate of drug-likeness (QED) is 0.695. The number of Topliss-reactive ketones (excluding diaryl/α,β-unsaturated/α-hetero) is 1. The summed E-state index contributed by atoms with van der Waals surface area (Å²) in [7, 11) is 0. The van der Waals surface area contributed by atoms with E-state index in [4.69, 9.17) is 4.74 Å². The molecule has 3 aromatic rings. The number of rotatable bonds is 3. The second kappa shape index (κ2) is 5.54. The van der Waals surface area contributed by atoms with E-state index in [-0.39, 0.29) is 11.7 Å². The monoisotopic (exact) mass is 302 g/mol. The van der Waals surface area contributed by atoms with Crippen molar-refractivity contribution in [2.24, 2.45) is 5.92 Å². The van der Waals surface area contributed by atoms with Crippen molar-refractivity contribution in [3.05, 3.63) is 77.4 Å². The highest BCUT2D eigenvalue weighted by Gasteiger charge is 2.27. The second-order valence-corrected chi connectivity index (χ2v) is 6.26. The molecule has 0 radical (unpaired) electrons. The first-order valence-electron chi connectivity index (χ1n) is 7.98. The zero-order valence-corrected chi connectivity index (χ0v) is 13.1. The molecule has 0 saturated heterocycles. The van der Waals surface area contributed by atoms with E-state index < -0.39 is 0 Å². The number of benzene rings is 3. The maximum absolute atomic E-state index is 12.1. The Morgan fingerprint density at radius 1 is 1.00 bits per heavy atom. The summed E-state index contributed by atoms with van der Waals surface area (Å²) in [5.41, 5.74) is 3.10. The van der Waals surface area contributed by atoms with E-state index in [0.29, 0.717) is 6.61 Å². The molecule has 0 N–H and O–H groups in total. The predicted molar refractivity (Wildman–Crippen MR) is 91.9 cm³/mol. The van der Waals surface area contributed by atoms with E-state index in [2.05, 4.69) is 30.3 Å². The maximum atomic E-state index is 12.1. The number of ketones is 1. The normalized spacial score (nSPS) is 16.6. The first kappa shape index (κ1) is 14.0. The molecule has 0 fully saturated rings. The van der Waals surface area contributed by atoms with Crippen molar-refractivity contribution in [3.63, 3.8) is 0 Å². The molecule has 0 bridgehead atoms. The third-order valence-corrected chi connectivity index (χ3v) is 4.54.